The summed E-state index contributed by atoms with van der Waals surface area (Å²) in [5.74, 6) is 0.000509. The van der Waals surface area contributed by atoms with Gasteiger partial charge in [0.15, 0.2) is 5.82 Å². The maximum atomic E-state index is 15.4. The second-order valence-corrected chi connectivity index (χ2v) is 18.4. The van der Waals surface area contributed by atoms with E-state index in [1.165, 1.54) is 21.4 Å². The van der Waals surface area contributed by atoms with Gasteiger partial charge in [-0.05, 0) is 103 Å². The number of aromatic nitrogens is 3. The van der Waals surface area contributed by atoms with Crippen LogP contribution in [0.5, 0.6) is 0 Å². The maximum Gasteiger partial charge on any atom is 0.329 e. The molecule has 63 heavy (non-hydrogen) atoms. The van der Waals surface area contributed by atoms with Crippen molar-refractivity contribution < 1.29 is 28.4 Å². The molecule has 1 saturated carbocycles. The first kappa shape index (κ1) is 39.2. The molecule has 6 amide bonds. The van der Waals surface area contributed by atoms with Crippen molar-refractivity contribution >= 4 is 57.9 Å². The summed E-state index contributed by atoms with van der Waals surface area (Å²) >= 11 is 0. The van der Waals surface area contributed by atoms with Crippen molar-refractivity contribution in [2.45, 2.75) is 50.1 Å². The van der Waals surface area contributed by atoms with Crippen LogP contribution in [0.3, 0.4) is 0 Å². The van der Waals surface area contributed by atoms with Crippen molar-refractivity contribution in [1.82, 2.24) is 34.8 Å². The minimum atomic E-state index is -0.472. The first-order valence-corrected chi connectivity index (χ1v) is 21.7. The number of hydrogen-bond acceptors (Lipinski definition) is 9. The molecule has 5 fully saturated rings. The minimum Gasteiger partial charge on any atom is -0.370 e. The third-order valence-corrected chi connectivity index (χ3v) is 14.2. The average molecular weight is 851 g/mol. The third kappa shape index (κ3) is 6.96. The van der Waals surface area contributed by atoms with Crippen LogP contribution >= 0.6 is 0 Å². The molecule has 0 radical (unpaired) electrons. The van der Waals surface area contributed by atoms with Crippen molar-refractivity contribution in [3.05, 3.63) is 102 Å². The zero-order valence-electron chi connectivity index (χ0n) is 35.0. The smallest absolute Gasteiger partial charge is 0.329 e. The average Bonchev–Trinajstić information content (AvgIpc) is 3.84. The number of likely N-dealkylation sites (tertiary alicyclic amines) is 2. The Morgan fingerprint density at radius 2 is 1.73 bits per heavy atom. The normalized spacial score (nSPS) is 21.1. The molecule has 4 saturated heterocycles. The number of halogens is 1. The van der Waals surface area contributed by atoms with Crippen molar-refractivity contribution in [2.24, 2.45) is 12.5 Å². The topological polar surface area (TPSA) is 156 Å². The Balaban J connectivity index is 0.666. The molecule has 2 N–H and O–H groups in total. The zero-order chi connectivity index (χ0) is 43.2. The van der Waals surface area contributed by atoms with Crippen LogP contribution in [0.2, 0.25) is 0 Å². The Kier molecular flexibility index (Phi) is 9.15. The molecule has 322 valence electrons. The maximum absolute atomic E-state index is 15.4. The summed E-state index contributed by atoms with van der Waals surface area (Å²) in [6, 6.07) is 22.2. The van der Waals surface area contributed by atoms with Crippen LogP contribution in [0.15, 0.2) is 79.0 Å². The zero-order valence-corrected chi connectivity index (χ0v) is 35.0. The summed E-state index contributed by atoms with van der Waals surface area (Å²) in [6.45, 7) is 4.70. The number of urea groups is 1. The molecule has 15 nitrogen and oxygen atoms in total. The Hall–Kier alpha value is -6.68. The Morgan fingerprint density at radius 1 is 0.921 bits per heavy atom. The fourth-order valence-corrected chi connectivity index (χ4v) is 10.6. The highest BCUT2D eigenvalue weighted by molar-refractivity contribution is 6.09. The number of carbonyl (C=O) groups is 5. The van der Waals surface area contributed by atoms with Gasteiger partial charge >= 0.3 is 6.03 Å². The van der Waals surface area contributed by atoms with Gasteiger partial charge < -0.3 is 20.0 Å². The number of piperidine rings is 1. The predicted octanol–water partition coefficient (Wildman–Crippen LogP) is 4.88. The van der Waals surface area contributed by atoms with Gasteiger partial charge in [0.25, 0.3) is 5.91 Å². The lowest BCUT2D eigenvalue weighted by molar-refractivity contribution is -0.147. The second-order valence-electron chi connectivity index (χ2n) is 18.4. The lowest BCUT2D eigenvalue weighted by Crippen LogP contribution is -2.73. The molecule has 0 bridgehead atoms. The first-order valence-electron chi connectivity index (χ1n) is 21.7. The van der Waals surface area contributed by atoms with E-state index in [0.29, 0.717) is 41.8 Å². The number of rotatable bonds is 9. The fourth-order valence-electron chi connectivity index (χ4n) is 10.6. The lowest BCUT2D eigenvalue weighted by Gasteiger charge is -2.61. The molecule has 16 heteroatoms. The quantitative estimate of drug-likeness (QED) is 0.211. The SMILES string of the molecule is Cn1nc(N2CCC(=O)NC2=O)c2ccc(C3CCN(CC(=O)N4CC5(C4)CN(c4ccc(-c6cc(F)c7c(c6)C(=O)N(CC(=O)Nc6ccccn6)C7)cc4)C5)C4(CC4)C3)cc21. The highest BCUT2D eigenvalue weighted by atomic mass is 19.1. The highest BCUT2D eigenvalue weighted by Crippen LogP contribution is 2.53. The van der Waals surface area contributed by atoms with Gasteiger partial charge in [-0.15, -0.1) is 0 Å². The number of fused-ring (bicyclic) bond motifs is 2. The van der Waals surface area contributed by atoms with Crippen LogP contribution < -0.4 is 20.4 Å². The summed E-state index contributed by atoms with van der Waals surface area (Å²) in [6.07, 6.45) is 5.98. The number of nitrogens with zero attached hydrogens (tertiary/aromatic N) is 8. The van der Waals surface area contributed by atoms with Crippen LogP contribution in [0.1, 0.15) is 59.5 Å². The summed E-state index contributed by atoms with van der Waals surface area (Å²) < 4.78 is 17.2. The predicted molar refractivity (Wildman–Crippen MR) is 232 cm³/mol. The van der Waals surface area contributed by atoms with Gasteiger partial charge in [-0.1, -0.05) is 24.3 Å². The number of anilines is 3. The third-order valence-electron chi connectivity index (χ3n) is 14.2. The van der Waals surface area contributed by atoms with Gasteiger partial charge in [-0.25, -0.2) is 14.2 Å². The molecule has 2 spiro atoms. The van der Waals surface area contributed by atoms with Crippen molar-refractivity contribution in [2.75, 3.05) is 67.5 Å². The number of benzene rings is 3. The molecule has 6 aliphatic rings. The number of imide groups is 1. The van der Waals surface area contributed by atoms with E-state index >= 15 is 4.39 Å². The summed E-state index contributed by atoms with van der Waals surface area (Å²) in [5.41, 5.74) is 5.38. The lowest BCUT2D eigenvalue weighted by atomic mass is 9.72. The highest BCUT2D eigenvalue weighted by Gasteiger charge is 2.55. The molecule has 3 aromatic carbocycles. The standard InChI is InChI=1S/C47H47FN10O5/c1-53-38-20-30(7-10-34(38)43(52-53)58-17-12-40(59)51-45(58)63)31-11-16-57(47(21-31)13-14-47)24-42(61)56-27-46(28-56)25-55(26-46)33-8-5-29(6-9-33)32-18-35-36(37(48)19-32)22-54(44(35)62)23-41(60)50-39-4-2-3-15-49-39/h2-10,15,18-20,31H,11-14,16-17,21-28H2,1H3,(H,49,50,60)(H,51,59,63). The van der Waals surface area contributed by atoms with E-state index in [0.717, 1.165) is 80.6 Å². The van der Waals surface area contributed by atoms with Crippen LogP contribution in [0.4, 0.5) is 26.5 Å². The number of hydrogen-bond donors (Lipinski definition) is 2. The number of nitrogens with one attached hydrogen (secondary N) is 2. The first-order chi connectivity index (χ1) is 30.4. The van der Waals surface area contributed by atoms with E-state index < -0.39 is 17.8 Å². The molecule has 5 aliphatic heterocycles. The van der Waals surface area contributed by atoms with E-state index in [9.17, 15) is 24.0 Å². The van der Waals surface area contributed by atoms with Crippen LogP contribution in [-0.4, -0.2) is 117 Å². The number of carbonyl (C=O) groups excluding carboxylic acids is 5. The van der Waals surface area contributed by atoms with Crippen molar-refractivity contribution in [3.63, 3.8) is 0 Å². The molecule has 11 rings (SSSR count). The van der Waals surface area contributed by atoms with Crippen LogP contribution in [0.25, 0.3) is 22.0 Å². The van der Waals surface area contributed by atoms with Gasteiger partial charge in [0, 0.05) is 85.5 Å². The van der Waals surface area contributed by atoms with Crippen LogP contribution in [0, 0.1) is 11.2 Å². The Morgan fingerprint density at radius 3 is 2.48 bits per heavy atom. The van der Waals surface area contributed by atoms with Gasteiger partial charge in [0.1, 0.15) is 18.2 Å². The van der Waals surface area contributed by atoms with E-state index in [-0.39, 0.29) is 53.7 Å². The number of pyridine rings is 1. The van der Waals surface area contributed by atoms with Gasteiger partial charge in [-0.2, -0.15) is 5.10 Å². The molecule has 1 atom stereocenters. The summed E-state index contributed by atoms with van der Waals surface area (Å²) in [5, 5.41) is 10.6. The largest absolute Gasteiger partial charge is 0.370 e. The molecule has 7 heterocycles. The number of aryl methyl sites for hydroxylation is 1. The van der Waals surface area contributed by atoms with E-state index in [2.05, 4.69) is 48.7 Å². The van der Waals surface area contributed by atoms with Gasteiger partial charge in [-0.3, -0.25) is 39.0 Å². The molecule has 1 unspecified atom stereocenters. The minimum absolute atomic E-state index is 0.0258. The molecule has 1 aliphatic carbocycles. The van der Waals surface area contributed by atoms with Gasteiger partial charge in [0.05, 0.1) is 18.6 Å². The Labute approximate surface area is 362 Å². The summed E-state index contributed by atoms with van der Waals surface area (Å²) in [4.78, 5) is 77.5. The van der Waals surface area contributed by atoms with E-state index in [1.54, 1.807) is 30.5 Å². The van der Waals surface area contributed by atoms with E-state index in [1.807, 2.05) is 40.9 Å². The molecule has 2 aromatic heterocycles. The molecular weight excluding hydrogens is 804 g/mol. The van der Waals surface area contributed by atoms with Gasteiger partial charge in [0.2, 0.25) is 17.7 Å². The monoisotopic (exact) mass is 850 g/mol. The molecule has 5 aromatic rings. The van der Waals surface area contributed by atoms with Crippen molar-refractivity contribution in [1.29, 1.82) is 0 Å². The van der Waals surface area contributed by atoms with Crippen molar-refractivity contribution in [3.8, 4) is 11.1 Å². The molecular formula is C47H47FN10O5. The Bertz CT molecular complexity index is 2720. The van der Waals surface area contributed by atoms with Crippen LogP contribution in [-0.2, 0) is 28.0 Å². The summed E-state index contributed by atoms with van der Waals surface area (Å²) in [7, 11) is 1.88. The number of amides is 6. The van der Waals surface area contributed by atoms with E-state index in [4.69, 9.17) is 0 Å². The fraction of sp³-hybridized carbons (Fsp3) is 0.383. The second kappa shape index (κ2) is 14.7.